The lowest BCUT2D eigenvalue weighted by molar-refractivity contribution is -0.143. The second kappa shape index (κ2) is 4.06. The SMILES string of the molecule is Cc1cccc2c1C(C)(C)C(C)(C)[C@@H]2N1C(=O)C=CC1=O. The van der Waals surface area contributed by atoms with Crippen LogP contribution in [-0.2, 0) is 15.0 Å². The van der Waals surface area contributed by atoms with Crippen LogP contribution >= 0.6 is 0 Å². The summed E-state index contributed by atoms with van der Waals surface area (Å²) in [5.41, 5.74) is 3.27. The molecule has 0 radical (unpaired) electrons. The molecule has 3 rings (SSSR count). The van der Waals surface area contributed by atoms with E-state index < -0.39 is 0 Å². The summed E-state index contributed by atoms with van der Waals surface area (Å²) in [5.74, 6) is -0.411. The van der Waals surface area contributed by atoms with Gasteiger partial charge in [0.05, 0.1) is 6.04 Å². The molecule has 0 bridgehead atoms. The molecule has 3 nitrogen and oxygen atoms in total. The quantitative estimate of drug-likeness (QED) is 0.742. The second-order valence-corrected chi connectivity index (χ2v) is 7.17. The fourth-order valence-electron chi connectivity index (χ4n) is 3.95. The first-order valence-corrected chi connectivity index (χ1v) is 7.35. The van der Waals surface area contributed by atoms with Crippen LogP contribution in [0.15, 0.2) is 30.4 Å². The third-order valence-corrected chi connectivity index (χ3v) is 5.62. The Hall–Kier alpha value is -1.90. The highest BCUT2D eigenvalue weighted by Crippen LogP contribution is 2.60. The predicted molar refractivity (Wildman–Crippen MR) is 81.7 cm³/mol. The molecule has 0 aromatic heterocycles. The highest BCUT2D eigenvalue weighted by molar-refractivity contribution is 6.13. The Morgan fingerprint density at radius 3 is 2.14 bits per heavy atom. The lowest BCUT2D eigenvalue weighted by Gasteiger charge is -2.42. The maximum atomic E-state index is 12.2. The van der Waals surface area contributed by atoms with Crippen molar-refractivity contribution in [2.45, 2.75) is 46.1 Å². The second-order valence-electron chi connectivity index (χ2n) is 7.17. The zero-order valence-electron chi connectivity index (χ0n) is 13.2. The Bertz CT molecular complexity index is 664. The van der Waals surface area contributed by atoms with E-state index in [1.54, 1.807) is 0 Å². The van der Waals surface area contributed by atoms with Gasteiger partial charge in [0.15, 0.2) is 0 Å². The van der Waals surface area contributed by atoms with Gasteiger partial charge in [-0.15, -0.1) is 0 Å². The number of amides is 2. The Morgan fingerprint density at radius 1 is 1.00 bits per heavy atom. The smallest absolute Gasteiger partial charge is 0.254 e. The number of rotatable bonds is 1. The summed E-state index contributed by atoms with van der Waals surface area (Å²) in [5, 5.41) is 0. The molecule has 1 atom stereocenters. The van der Waals surface area contributed by atoms with Gasteiger partial charge in [-0.05, 0) is 34.4 Å². The van der Waals surface area contributed by atoms with Crippen molar-refractivity contribution in [2.24, 2.45) is 5.41 Å². The molecule has 1 aromatic rings. The standard InChI is InChI=1S/C18H21NO2/c1-11-7-6-8-12-15(11)17(2,3)18(4,5)16(12)19-13(20)9-10-14(19)21/h6-10,16H,1-5H3/t16-/m1/s1. The number of fused-ring (bicyclic) bond motifs is 1. The molecule has 1 heterocycles. The minimum atomic E-state index is -0.223. The van der Waals surface area contributed by atoms with Crippen molar-refractivity contribution >= 4 is 11.8 Å². The third-order valence-electron chi connectivity index (χ3n) is 5.62. The van der Waals surface area contributed by atoms with Gasteiger partial charge in [-0.3, -0.25) is 14.5 Å². The first-order chi connectivity index (χ1) is 9.69. The van der Waals surface area contributed by atoms with E-state index >= 15 is 0 Å². The molecule has 110 valence electrons. The van der Waals surface area contributed by atoms with Crippen LogP contribution in [0.25, 0.3) is 0 Å². The van der Waals surface area contributed by atoms with Crippen LogP contribution in [0.4, 0.5) is 0 Å². The normalized spacial score (nSPS) is 25.6. The highest BCUT2D eigenvalue weighted by atomic mass is 16.2. The number of carbonyl (C=O) groups excluding carboxylic acids is 2. The van der Waals surface area contributed by atoms with Gasteiger partial charge in [0.2, 0.25) is 0 Å². The fraction of sp³-hybridized carbons (Fsp3) is 0.444. The number of hydrogen-bond acceptors (Lipinski definition) is 2. The average Bonchev–Trinajstić information content (AvgIpc) is 2.77. The van der Waals surface area contributed by atoms with Crippen molar-refractivity contribution in [3.63, 3.8) is 0 Å². The van der Waals surface area contributed by atoms with E-state index in [1.807, 2.05) is 6.07 Å². The molecule has 0 fully saturated rings. The molecular formula is C18H21NO2. The first-order valence-electron chi connectivity index (χ1n) is 7.35. The molecule has 0 saturated carbocycles. The van der Waals surface area contributed by atoms with Gasteiger partial charge < -0.3 is 0 Å². The molecule has 1 aliphatic carbocycles. The van der Waals surface area contributed by atoms with Crippen molar-refractivity contribution in [1.29, 1.82) is 0 Å². The average molecular weight is 283 g/mol. The zero-order valence-corrected chi connectivity index (χ0v) is 13.2. The Balaban J connectivity index is 2.25. The number of imide groups is 1. The minimum Gasteiger partial charge on any atom is -0.269 e. The topological polar surface area (TPSA) is 37.4 Å². The summed E-state index contributed by atoms with van der Waals surface area (Å²) in [4.78, 5) is 25.8. The summed E-state index contributed by atoms with van der Waals surface area (Å²) < 4.78 is 0. The minimum absolute atomic E-state index is 0.110. The lowest BCUT2D eigenvalue weighted by atomic mass is 9.66. The fourth-order valence-corrected chi connectivity index (χ4v) is 3.95. The molecular weight excluding hydrogens is 262 g/mol. The van der Waals surface area contributed by atoms with Crippen LogP contribution in [0.5, 0.6) is 0 Å². The zero-order chi connectivity index (χ0) is 15.6. The largest absolute Gasteiger partial charge is 0.269 e. The van der Waals surface area contributed by atoms with Crippen LogP contribution < -0.4 is 0 Å². The molecule has 3 heteroatoms. The van der Waals surface area contributed by atoms with Crippen molar-refractivity contribution in [2.75, 3.05) is 0 Å². The van der Waals surface area contributed by atoms with Crippen LogP contribution in [0, 0.1) is 12.3 Å². The van der Waals surface area contributed by atoms with Crippen molar-refractivity contribution in [3.8, 4) is 0 Å². The molecule has 0 saturated heterocycles. The molecule has 2 amide bonds. The molecule has 1 aliphatic heterocycles. The van der Waals surface area contributed by atoms with Gasteiger partial charge in [-0.1, -0.05) is 45.9 Å². The van der Waals surface area contributed by atoms with Crippen LogP contribution in [0.1, 0.15) is 50.4 Å². The van der Waals surface area contributed by atoms with Gasteiger partial charge >= 0.3 is 0 Å². The van der Waals surface area contributed by atoms with Gasteiger partial charge in [0.25, 0.3) is 11.8 Å². The number of hydrogen-bond donors (Lipinski definition) is 0. The molecule has 2 aliphatic rings. The number of nitrogens with zero attached hydrogens (tertiary/aromatic N) is 1. The van der Waals surface area contributed by atoms with E-state index in [4.69, 9.17) is 0 Å². The summed E-state index contributed by atoms with van der Waals surface area (Å²) in [7, 11) is 0. The molecule has 0 N–H and O–H groups in total. The van der Waals surface area contributed by atoms with E-state index in [-0.39, 0.29) is 28.7 Å². The molecule has 21 heavy (non-hydrogen) atoms. The number of aryl methyl sites for hydroxylation is 1. The lowest BCUT2D eigenvalue weighted by Crippen LogP contribution is -2.44. The van der Waals surface area contributed by atoms with E-state index in [9.17, 15) is 9.59 Å². The van der Waals surface area contributed by atoms with Gasteiger partial charge in [0, 0.05) is 12.2 Å². The molecule has 0 unspecified atom stereocenters. The summed E-state index contributed by atoms with van der Waals surface area (Å²) in [6.07, 6.45) is 2.75. The third kappa shape index (κ3) is 1.60. The first kappa shape index (κ1) is 14.1. The summed E-state index contributed by atoms with van der Waals surface area (Å²) >= 11 is 0. The maximum absolute atomic E-state index is 12.2. The Labute approximate surface area is 125 Å². The van der Waals surface area contributed by atoms with Crippen molar-refractivity contribution < 1.29 is 9.59 Å². The molecule has 0 spiro atoms. The highest BCUT2D eigenvalue weighted by Gasteiger charge is 2.56. The van der Waals surface area contributed by atoms with Gasteiger partial charge in [-0.2, -0.15) is 0 Å². The van der Waals surface area contributed by atoms with Gasteiger partial charge in [0.1, 0.15) is 0 Å². The number of carbonyl (C=O) groups is 2. The van der Waals surface area contributed by atoms with E-state index in [0.717, 1.165) is 5.56 Å². The van der Waals surface area contributed by atoms with Crippen LogP contribution in [0.2, 0.25) is 0 Å². The Kier molecular flexibility index (Phi) is 2.72. The molecule has 1 aromatic carbocycles. The number of benzene rings is 1. The monoisotopic (exact) mass is 283 g/mol. The van der Waals surface area contributed by atoms with E-state index in [1.165, 1.54) is 28.2 Å². The maximum Gasteiger partial charge on any atom is 0.254 e. The van der Waals surface area contributed by atoms with E-state index in [0.29, 0.717) is 0 Å². The predicted octanol–water partition coefficient (Wildman–Crippen LogP) is 3.28. The summed E-state index contributed by atoms with van der Waals surface area (Å²) in [6.45, 7) is 10.8. The van der Waals surface area contributed by atoms with Gasteiger partial charge in [-0.25, -0.2) is 0 Å². The van der Waals surface area contributed by atoms with Crippen LogP contribution in [0.3, 0.4) is 0 Å². The van der Waals surface area contributed by atoms with Crippen molar-refractivity contribution in [3.05, 3.63) is 47.0 Å². The van der Waals surface area contributed by atoms with Crippen LogP contribution in [-0.4, -0.2) is 16.7 Å². The van der Waals surface area contributed by atoms with Crippen molar-refractivity contribution in [1.82, 2.24) is 4.90 Å². The van der Waals surface area contributed by atoms with E-state index in [2.05, 4.69) is 46.8 Å². The Morgan fingerprint density at radius 2 is 1.57 bits per heavy atom. The summed E-state index contributed by atoms with van der Waals surface area (Å²) in [6, 6.07) is 5.96.